The van der Waals surface area contributed by atoms with Crippen LogP contribution in [0.1, 0.15) is 12.7 Å². The van der Waals surface area contributed by atoms with E-state index >= 15 is 0 Å². The number of nitrogens with zero attached hydrogens (tertiary/aromatic N) is 4. The maximum absolute atomic E-state index is 11.2. The summed E-state index contributed by atoms with van der Waals surface area (Å²) in [6.07, 6.45) is 1.77. The quantitative estimate of drug-likeness (QED) is 0.767. The van der Waals surface area contributed by atoms with Gasteiger partial charge in [0.1, 0.15) is 11.5 Å². The summed E-state index contributed by atoms with van der Waals surface area (Å²) in [7, 11) is 0. The lowest BCUT2D eigenvalue weighted by molar-refractivity contribution is 0.627. The molecule has 0 atom stereocenters. The van der Waals surface area contributed by atoms with Gasteiger partial charge in [0, 0.05) is 12.6 Å². The summed E-state index contributed by atoms with van der Waals surface area (Å²) >= 11 is 0. The van der Waals surface area contributed by atoms with E-state index in [9.17, 15) is 4.79 Å². The van der Waals surface area contributed by atoms with Crippen molar-refractivity contribution in [2.75, 3.05) is 0 Å². The third kappa shape index (κ3) is 1.93. The number of H-pyrrole nitrogens is 1. The van der Waals surface area contributed by atoms with Gasteiger partial charge in [0.25, 0.3) is 5.56 Å². The smallest absolute Gasteiger partial charge is 0.251 e. The predicted molar refractivity (Wildman–Crippen MR) is 54.3 cm³/mol. The summed E-state index contributed by atoms with van der Waals surface area (Å²) in [6, 6.07) is 1.41. The van der Waals surface area contributed by atoms with Gasteiger partial charge in [-0.2, -0.15) is 0 Å². The fourth-order valence-electron chi connectivity index (χ4n) is 1.28. The monoisotopic (exact) mass is 205 g/mol. The number of aryl methyl sites for hydroxylation is 2. The fourth-order valence-corrected chi connectivity index (χ4v) is 1.28. The van der Waals surface area contributed by atoms with Crippen LogP contribution in [-0.2, 0) is 6.54 Å². The van der Waals surface area contributed by atoms with Crippen LogP contribution in [0.3, 0.4) is 0 Å². The Morgan fingerprint density at radius 1 is 1.47 bits per heavy atom. The number of rotatable bonds is 2. The molecule has 2 rings (SSSR count). The number of hydrogen-bond acceptors (Lipinski definition) is 4. The van der Waals surface area contributed by atoms with Gasteiger partial charge in [-0.3, -0.25) is 9.48 Å². The Balaban J connectivity index is 2.48. The van der Waals surface area contributed by atoms with E-state index in [1.165, 1.54) is 6.07 Å². The Labute approximate surface area is 86.0 Å². The van der Waals surface area contributed by atoms with Crippen molar-refractivity contribution in [1.29, 1.82) is 0 Å². The second kappa shape index (κ2) is 3.64. The van der Waals surface area contributed by atoms with Crippen molar-refractivity contribution in [3.63, 3.8) is 0 Å². The van der Waals surface area contributed by atoms with Crippen molar-refractivity contribution < 1.29 is 0 Å². The molecule has 2 aromatic heterocycles. The number of hydrogen-bond donors (Lipinski definition) is 1. The van der Waals surface area contributed by atoms with Crippen LogP contribution >= 0.6 is 0 Å². The molecule has 0 aliphatic rings. The summed E-state index contributed by atoms with van der Waals surface area (Å²) in [6.45, 7) is 4.44. The van der Waals surface area contributed by atoms with Crippen molar-refractivity contribution in [3.05, 3.63) is 28.4 Å². The molecule has 0 spiro atoms. The topological polar surface area (TPSA) is 76.5 Å². The largest absolute Gasteiger partial charge is 0.311 e. The standard InChI is InChI=1S/C9H11N5O/c1-3-14-5-8(12-13-14)7-4-9(15)11-6(2)10-7/h4-5H,3H2,1-2H3,(H,10,11,15). The highest BCUT2D eigenvalue weighted by Crippen LogP contribution is 2.10. The van der Waals surface area contributed by atoms with Crippen LogP contribution in [0.5, 0.6) is 0 Å². The zero-order valence-electron chi connectivity index (χ0n) is 8.56. The van der Waals surface area contributed by atoms with Gasteiger partial charge in [-0.1, -0.05) is 5.21 Å². The molecule has 0 aliphatic carbocycles. The molecule has 6 nitrogen and oxygen atoms in total. The van der Waals surface area contributed by atoms with E-state index in [1.807, 2.05) is 6.92 Å². The van der Waals surface area contributed by atoms with Crippen molar-refractivity contribution in [2.45, 2.75) is 20.4 Å². The van der Waals surface area contributed by atoms with Gasteiger partial charge in [-0.05, 0) is 13.8 Å². The predicted octanol–water partition coefficient (Wildman–Crippen LogP) is 0.357. The zero-order chi connectivity index (χ0) is 10.8. The molecule has 0 radical (unpaired) electrons. The number of aromatic amines is 1. The van der Waals surface area contributed by atoms with Crippen LogP contribution < -0.4 is 5.56 Å². The average molecular weight is 205 g/mol. The summed E-state index contributed by atoms with van der Waals surface area (Å²) in [4.78, 5) is 18.0. The summed E-state index contributed by atoms with van der Waals surface area (Å²) in [5, 5.41) is 7.82. The molecule has 6 heteroatoms. The molecule has 0 aliphatic heterocycles. The molecule has 0 aromatic carbocycles. The van der Waals surface area contributed by atoms with E-state index in [2.05, 4.69) is 20.3 Å². The Bertz CT molecular complexity index is 527. The first-order chi connectivity index (χ1) is 7.19. The van der Waals surface area contributed by atoms with E-state index < -0.39 is 0 Å². The van der Waals surface area contributed by atoms with Crippen LogP contribution in [0.15, 0.2) is 17.1 Å². The SMILES string of the molecule is CCn1cc(-c2cc(=O)[nH]c(C)n2)nn1. The first kappa shape index (κ1) is 9.57. The van der Waals surface area contributed by atoms with E-state index in [1.54, 1.807) is 17.8 Å². The van der Waals surface area contributed by atoms with Gasteiger partial charge in [0.05, 0.1) is 11.9 Å². The van der Waals surface area contributed by atoms with Gasteiger partial charge in [-0.25, -0.2) is 4.98 Å². The normalized spacial score (nSPS) is 10.5. The third-order valence-electron chi connectivity index (χ3n) is 1.99. The lowest BCUT2D eigenvalue weighted by Gasteiger charge is -1.95. The molecule has 2 aromatic rings. The minimum absolute atomic E-state index is 0.177. The summed E-state index contributed by atoms with van der Waals surface area (Å²) in [5.74, 6) is 0.573. The van der Waals surface area contributed by atoms with Crippen LogP contribution in [0.25, 0.3) is 11.4 Å². The Morgan fingerprint density at radius 2 is 2.27 bits per heavy atom. The molecule has 0 saturated carbocycles. The zero-order valence-corrected chi connectivity index (χ0v) is 8.56. The Hall–Kier alpha value is -1.98. The van der Waals surface area contributed by atoms with Crippen molar-refractivity contribution >= 4 is 0 Å². The van der Waals surface area contributed by atoms with E-state index in [4.69, 9.17) is 0 Å². The molecule has 15 heavy (non-hydrogen) atoms. The molecule has 0 unspecified atom stereocenters. The Morgan fingerprint density at radius 3 is 2.87 bits per heavy atom. The fraction of sp³-hybridized carbons (Fsp3) is 0.333. The van der Waals surface area contributed by atoms with Crippen LogP contribution in [0, 0.1) is 6.92 Å². The van der Waals surface area contributed by atoms with Crippen LogP contribution in [0.4, 0.5) is 0 Å². The number of aromatic nitrogens is 5. The second-order valence-corrected chi connectivity index (χ2v) is 3.18. The van der Waals surface area contributed by atoms with Crippen molar-refractivity contribution in [2.24, 2.45) is 0 Å². The highest BCUT2D eigenvalue weighted by atomic mass is 16.1. The summed E-state index contributed by atoms with van der Waals surface area (Å²) < 4.78 is 1.69. The molecule has 0 saturated heterocycles. The molecule has 0 amide bonds. The third-order valence-corrected chi connectivity index (χ3v) is 1.99. The lowest BCUT2D eigenvalue weighted by Crippen LogP contribution is -2.08. The highest BCUT2D eigenvalue weighted by molar-refractivity contribution is 5.51. The molecular formula is C9H11N5O. The van der Waals surface area contributed by atoms with Crippen LogP contribution in [0.2, 0.25) is 0 Å². The second-order valence-electron chi connectivity index (χ2n) is 3.18. The molecule has 0 fully saturated rings. The van der Waals surface area contributed by atoms with Crippen molar-refractivity contribution in [3.8, 4) is 11.4 Å². The molecule has 0 bridgehead atoms. The Kier molecular flexibility index (Phi) is 2.32. The maximum Gasteiger partial charge on any atom is 0.251 e. The first-order valence-electron chi connectivity index (χ1n) is 4.67. The maximum atomic E-state index is 11.2. The lowest BCUT2D eigenvalue weighted by atomic mass is 10.3. The van der Waals surface area contributed by atoms with Gasteiger partial charge in [-0.15, -0.1) is 5.10 Å². The van der Waals surface area contributed by atoms with E-state index in [0.717, 1.165) is 6.54 Å². The number of nitrogens with one attached hydrogen (secondary N) is 1. The van der Waals surface area contributed by atoms with Gasteiger partial charge in [0.2, 0.25) is 0 Å². The van der Waals surface area contributed by atoms with Crippen molar-refractivity contribution in [1.82, 2.24) is 25.0 Å². The minimum atomic E-state index is -0.177. The highest BCUT2D eigenvalue weighted by Gasteiger charge is 2.05. The van der Waals surface area contributed by atoms with Gasteiger partial charge in [0.15, 0.2) is 0 Å². The summed E-state index contributed by atoms with van der Waals surface area (Å²) in [5.41, 5.74) is 0.991. The van der Waals surface area contributed by atoms with E-state index in [0.29, 0.717) is 17.2 Å². The molecule has 1 N–H and O–H groups in total. The first-order valence-corrected chi connectivity index (χ1v) is 4.67. The van der Waals surface area contributed by atoms with Gasteiger partial charge < -0.3 is 4.98 Å². The molecule has 78 valence electrons. The van der Waals surface area contributed by atoms with Gasteiger partial charge >= 0.3 is 0 Å². The minimum Gasteiger partial charge on any atom is -0.311 e. The average Bonchev–Trinajstić information content (AvgIpc) is 2.64. The molecule has 2 heterocycles. The molecular weight excluding hydrogens is 194 g/mol. The van der Waals surface area contributed by atoms with Crippen LogP contribution in [-0.4, -0.2) is 25.0 Å². The van der Waals surface area contributed by atoms with E-state index in [-0.39, 0.29) is 5.56 Å².